The summed E-state index contributed by atoms with van der Waals surface area (Å²) in [4.78, 5) is 25.3. The molecule has 2 aromatic carbocycles. The van der Waals surface area contributed by atoms with Crippen LogP contribution in [0.1, 0.15) is 36.4 Å². The van der Waals surface area contributed by atoms with Crippen LogP contribution in [0.3, 0.4) is 0 Å². The van der Waals surface area contributed by atoms with E-state index in [-0.39, 0.29) is 45.1 Å². The molecule has 2 aromatic rings. The number of halogens is 7. The zero-order chi connectivity index (χ0) is 27.3. The highest BCUT2D eigenvalue weighted by atomic mass is 35.5. The SMILES string of the molecule is CN(C[C@](CCCO)(c1ccc(Cl)c(Cl)c1)C(NC(=O)O)c1cccc(Cl)c1Cl)C(=O)CC(F)(F)F. The first-order valence-electron chi connectivity index (χ1n) is 10.5. The number of alkyl halides is 3. The summed E-state index contributed by atoms with van der Waals surface area (Å²) in [6.07, 6.45) is -7.82. The van der Waals surface area contributed by atoms with Crippen LogP contribution in [0.25, 0.3) is 0 Å². The van der Waals surface area contributed by atoms with Crippen molar-refractivity contribution in [3.05, 3.63) is 67.6 Å². The summed E-state index contributed by atoms with van der Waals surface area (Å²) in [5, 5.41) is 22.2. The van der Waals surface area contributed by atoms with Gasteiger partial charge in [-0.2, -0.15) is 13.2 Å². The third-order valence-electron chi connectivity index (χ3n) is 5.69. The number of aliphatic hydroxyl groups excluding tert-OH is 1. The number of carbonyl (C=O) groups is 2. The Morgan fingerprint density at radius 2 is 1.72 bits per heavy atom. The lowest BCUT2D eigenvalue weighted by molar-refractivity contribution is -0.161. The van der Waals surface area contributed by atoms with Crippen molar-refractivity contribution in [2.24, 2.45) is 0 Å². The van der Waals surface area contributed by atoms with Crippen LogP contribution in [0, 0.1) is 0 Å². The number of nitrogens with zero attached hydrogens (tertiary/aromatic N) is 1. The Hall–Kier alpha value is -1.91. The molecule has 0 aliphatic heterocycles. The quantitative estimate of drug-likeness (QED) is 0.287. The highest BCUT2D eigenvalue weighted by molar-refractivity contribution is 6.42. The summed E-state index contributed by atoms with van der Waals surface area (Å²) in [7, 11) is 1.18. The normalized spacial score (nSPS) is 14.1. The zero-order valence-electron chi connectivity index (χ0n) is 18.9. The molecule has 2 rings (SSSR count). The van der Waals surface area contributed by atoms with Crippen molar-refractivity contribution < 1.29 is 33.0 Å². The van der Waals surface area contributed by atoms with Crippen LogP contribution < -0.4 is 5.32 Å². The second-order valence-corrected chi connectivity index (χ2v) is 9.78. The molecule has 2 atom stereocenters. The van der Waals surface area contributed by atoms with E-state index in [0.717, 1.165) is 4.90 Å². The molecule has 3 N–H and O–H groups in total. The number of hydrogen-bond donors (Lipinski definition) is 3. The molecule has 1 unspecified atom stereocenters. The van der Waals surface area contributed by atoms with E-state index in [9.17, 15) is 33.0 Å². The number of hydrogen-bond acceptors (Lipinski definition) is 3. The average molecular weight is 590 g/mol. The van der Waals surface area contributed by atoms with E-state index in [1.807, 2.05) is 0 Å². The molecule has 0 saturated heterocycles. The predicted octanol–water partition coefficient (Wildman–Crippen LogP) is 6.73. The van der Waals surface area contributed by atoms with Gasteiger partial charge in [0, 0.05) is 25.6 Å². The van der Waals surface area contributed by atoms with Crippen LogP contribution in [-0.4, -0.2) is 53.5 Å². The molecule has 13 heteroatoms. The Bertz CT molecular complexity index is 1100. The van der Waals surface area contributed by atoms with Gasteiger partial charge in [0.2, 0.25) is 5.91 Å². The molecule has 36 heavy (non-hydrogen) atoms. The second-order valence-electron chi connectivity index (χ2n) is 8.18. The third-order valence-corrected chi connectivity index (χ3v) is 7.26. The third kappa shape index (κ3) is 7.55. The summed E-state index contributed by atoms with van der Waals surface area (Å²) in [6.45, 7) is -0.722. The van der Waals surface area contributed by atoms with Gasteiger partial charge in [0.05, 0.1) is 26.1 Å². The summed E-state index contributed by atoms with van der Waals surface area (Å²) in [5.41, 5.74) is -0.890. The van der Waals surface area contributed by atoms with Gasteiger partial charge in [0.15, 0.2) is 0 Å². The molecule has 198 valence electrons. The first-order valence-corrected chi connectivity index (χ1v) is 12.0. The van der Waals surface area contributed by atoms with Crippen LogP contribution in [-0.2, 0) is 10.2 Å². The Morgan fingerprint density at radius 3 is 2.28 bits per heavy atom. The van der Waals surface area contributed by atoms with Gasteiger partial charge in [0.1, 0.15) is 6.42 Å². The maximum Gasteiger partial charge on any atom is 0.405 e. The van der Waals surface area contributed by atoms with Gasteiger partial charge in [-0.15, -0.1) is 0 Å². The summed E-state index contributed by atoms with van der Waals surface area (Å²) in [6, 6.07) is 7.72. The number of aliphatic hydroxyl groups is 1. The van der Waals surface area contributed by atoms with Gasteiger partial charge in [0.25, 0.3) is 0 Å². The molecule has 0 aliphatic rings. The van der Waals surface area contributed by atoms with Crippen molar-refractivity contribution in [3.8, 4) is 0 Å². The number of nitrogens with one attached hydrogen (secondary N) is 1. The topological polar surface area (TPSA) is 89.9 Å². The Labute approximate surface area is 225 Å². The first-order chi connectivity index (χ1) is 16.7. The van der Waals surface area contributed by atoms with E-state index in [1.165, 1.54) is 43.4 Å². The van der Waals surface area contributed by atoms with Crippen LogP contribution >= 0.6 is 46.4 Å². The molecule has 0 aliphatic carbocycles. The first kappa shape index (κ1) is 30.3. The molecule has 0 bridgehead atoms. The molecular formula is C23H23Cl4F3N2O4. The van der Waals surface area contributed by atoms with Crippen LogP contribution in [0.15, 0.2) is 36.4 Å². The van der Waals surface area contributed by atoms with Crippen molar-refractivity contribution in [2.75, 3.05) is 20.2 Å². The number of rotatable bonds is 10. The number of likely N-dealkylation sites (N-methyl/N-ethyl adjacent to an activating group) is 1. The van der Waals surface area contributed by atoms with Crippen molar-refractivity contribution in [3.63, 3.8) is 0 Å². The van der Waals surface area contributed by atoms with Gasteiger partial charge in [-0.1, -0.05) is 64.6 Å². The number of carbonyl (C=O) groups excluding carboxylic acids is 1. The summed E-state index contributed by atoms with van der Waals surface area (Å²) >= 11 is 25.0. The number of benzene rings is 2. The van der Waals surface area contributed by atoms with Crippen molar-refractivity contribution in [1.82, 2.24) is 10.2 Å². The minimum absolute atomic E-state index is 0.00983. The van der Waals surface area contributed by atoms with Gasteiger partial charge in [-0.05, 0) is 42.2 Å². The maximum absolute atomic E-state index is 13.0. The summed E-state index contributed by atoms with van der Waals surface area (Å²) in [5.74, 6) is -1.23. The number of amides is 2. The fraction of sp³-hybridized carbons (Fsp3) is 0.391. The van der Waals surface area contributed by atoms with E-state index in [2.05, 4.69) is 5.32 Å². The summed E-state index contributed by atoms with van der Waals surface area (Å²) < 4.78 is 38.9. The largest absolute Gasteiger partial charge is 0.465 e. The average Bonchev–Trinajstić information content (AvgIpc) is 2.77. The maximum atomic E-state index is 13.0. The van der Waals surface area contributed by atoms with Crippen LogP contribution in [0.5, 0.6) is 0 Å². The van der Waals surface area contributed by atoms with Gasteiger partial charge >= 0.3 is 12.3 Å². The Balaban J connectivity index is 2.84. The lowest BCUT2D eigenvalue weighted by Crippen LogP contribution is -2.51. The van der Waals surface area contributed by atoms with Crippen LogP contribution in [0.2, 0.25) is 20.1 Å². The van der Waals surface area contributed by atoms with E-state index in [0.29, 0.717) is 5.56 Å². The molecule has 0 radical (unpaired) electrons. The van der Waals surface area contributed by atoms with E-state index < -0.39 is 42.6 Å². The van der Waals surface area contributed by atoms with Crippen LogP contribution in [0.4, 0.5) is 18.0 Å². The molecule has 2 amide bonds. The zero-order valence-corrected chi connectivity index (χ0v) is 21.9. The molecule has 0 saturated carbocycles. The second kappa shape index (κ2) is 12.6. The smallest absolute Gasteiger partial charge is 0.405 e. The monoisotopic (exact) mass is 588 g/mol. The highest BCUT2D eigenvalue weighted by Crippen LogP contribution is 2.46. The minimum atomic E-state index is -4.75. The van der Waals surface area contributed by atoms with Gasteiger partial charge < -0.3 is 20.4 Å². The number of carboxylic acid groups (broad SMARTS) is 1. The Morgan fingerprint density at radius 1 is 1.06 bits per heavy atom. The van der Waals surface area contributed by atoms with Gasteiger partial charge in [-0.25, -0.2) is 4.79 Å². The predicted molar refractivity (Wildman–Crippen MR) is 133 cm³/mol. The molecular weight excluding hydrogens is 567 g/mol. The highest BCUT2D eigenvalue weighted by Gasteiger charge is 2.45. The van der Waals surface area contributed by atoms with Gasteiger partial charge in [-0.3, -0.25) is 4.79 Å². The minimum Gasteiger partial charge on any atom is -0.465 e. The van der Waals surface area contributed by atoms with Crippen molar-refractivity contribution in [1.29, 1.82) is 0 Å². The van der Waals surface area contributed by atoms with E-state index in [4.69, 9.17) is 46.4 Å². The molecule has 0 spiro atoms. The van der Waals surface area contributed by atoms with E-state index in [1.54, 1.807) is 0 Å². The van der Waals surface area contributed by atoms with Crippen molar-refractivity contribution in [2.45, 2.75) is 36.9 Å². The fourth-order valence-corrected chi connectivity index (χ4v) is 4.83. The fourth-order valence-electron chi connectivity index (χ4n) is 4.12. The molecule has 6 nitrogen and oxygen atoms in total. The Kier molecular flexibility index (Phi) is 10.6. The lowest BCUT2D eigenvalue weighted by Gasteiger charge is -2.44. The van der Waals surface area contributed by atoms with E-state index >= 15 is 0 Å². The standard InChI is InChI=1S/C23H23Cl4F3N2O4/c1-32(18(34)11-23(28,29)30)12-22(8-3-9-33,13-6-7-15(24)17(26)10-13)20(31-21(35)36)14-4-2-5-16(25)19(14)27/h2,4-7,10,20,31,33H,3,8-9,11-12H2,1H3,(H,35,36)/t20?,22-/m1/s1. The molecule has 0 fully saturated rings. The lowest BCUT2D eigenvalue weighted by atomic mass is 9.68. The van der Waals surface area contributed by atoms with Crippen molar-refractivity contribution >= 4 is 58.4 Å². The molecule has 0 aromatic heterocycles. The molecule has 0 heterocycles.